The van der Waals surface area contributed by atoms with Crippen molar-refractivity contribution in [1.82, 2.24) is 0 Å². The Balaban J connectivity index is 1.91. The Bertz CT molecular complexity index is 564. The molecule has 3 nitrogen and oxygen atoms in total. The van der Waals surface area contributed by atoms with E-state index in [1.807, 2.05) is 24.3 Å². The van der Waals surface area contributed by atoms with Crippen LogP contribution in [0.3, 0.4) is 0 Å². The third kappa shape index (κ3) is 4.31. The number of carbonyl (C=O) groups excluding carboxylic acids is 1. The van der Waals surface area contributed by atoms with Crippen LogP contribution in [0.1, 0.15) is 11.1 Å². The Hall–Kier alpha value is -1.94. The Morgan fingerprint density at radius 2 is 1.65 bits per heavy atom. The van der Waals surface area contributed by atoms with Gasteiger partial charge in [-0.2, -0.15) is 0 Å². The predicted molar refractivity (Wildman–Crippen MR) is 84.9 cm³/mol. The van der Waals surface area contributed by atoms with Gasteiger partial charge in [-0.3, -0.25) is 4.79 Å². The first-order valence-corrected chi connectivity index (χ1v) is 7.64. The first kappa shape index (κ1) is 14.5. The summed E-state index contributed by atoms with van der Waals surface area (Å²) in [5.74, 6) is -0.306. The van der Waals surface area contributed by atoms with E-state index in [0.717, 1.165) is 17.8 Å². The largest absolute Gasteiger partial charge is 0.381 e. The lowest BCUT2D eigenvalue weighted by molar-refractivity contribution is -0.117. The van der Waals surface area contributed by atoms with Gasteiger partial charge in [-0.25, -0.2) is 0 Å². The molecular weight excluding hydrogens is 268 g/mol. The molecule has 2 rings (SSSR count). The number of hydrogen-bond donors (Lipinski definition) is 2. The lowest BCUT2D eigenvalue weighted by Crippen LogP contribution is -2.13. The number of anilines is 1. The first-order chi connectivity index (χ1) is 9.67. The molecule has 1 amide bonds. The second kappa shape index (κ2) is 7.01. The van der Waals surface area contributed by atoms with Gasteiger partial charge < -0.3 is 11.1 Å². The summed E-state index contributed by atoms with van der Waals surface area (Å²) in [5, 5.41) is 3.36. The minimum atomic E-state index is -0.306. The molecule has 0 aliphatic heterocycles. The molecule has 0 aliphatic carbocycles. The number of hydrogen-bond acceptors (Lipinski definition) is 3. The van der Waals surface area contributed by atoms with Crippen molar-refractivity contribution in [3.05, 3.63) is 59.7 Å². The number of nitrogens with two attached hydrogens (primary N) is 1. The molecular formula is C16H18N2OS. The van der Waals surface area contributed by atoms with Gasteiger partial charge in [0.15, 0.2) is 0 Å². The predicted octanol–water partition coefficient (Wildman–Crippen LogP) is 3.05. The summed E-state index contributed by atoms with van der Waals surface area (Å²) >= 11 is 1.74. The third-order valence-electron chi connectivity index (χ3n) is 2.99. The number of thioether (sulfide) groups is 1. The summed E-state index contributed by atoms with van der Waals surface area (Å²) in [6, 6.07) is 16.3. The molecule has 0 unspecified atom stereocenters. The van der Waals surface area contributed by atoms with Crippen molar-refractivity contribution >= 4 is 23.4 Å². The van der Waals surface area contributed by atoms with Gasteiger partial charge in [0.2, 0.25) is 5.91 Å². The summed E-state index contributed by atoms with van der Waals surface area (Å²) < 4.78 is 0. The van der Waals surface area contributed by atoms with Crippen LogP contribution in [0.15, 0.2) is 53.4 Å². The van der Waals surface area contributed by atoms with Crippen LogP contribution in [0.5, 0.6) is 0 Å². The summed E-state index contributed by atoms with van der Waals surface area (Å²) in [7, 11) is 0. The molecule has 0 radical (unpaired) electrons. The highest BCUT2D eigenvalue weighted by atomic mass is 32.2. The molecule has 20 heavy (non-hydrogen) atoms. The number of nitrogens with one attached hydrogen (secondary N) is 1. The smallest absolute Gasteiger partial charge is 0.221 e. The van der Waals surface area contributed by atoms with Crippen LogP contribution < -0.4 is 11.1 Å². The number of rotatable bonds is 6. The fourth-order valence-corrected chi connectivity index (χ4v) is 2.30. The van der Waals surface area contributed by atoms with Gasteiger partial charge in [-0.1, -0.05) is 24.3 Å². The van der Waals surface area contributed by atoms with E-state index in [2.05, 4.69) is 35.8 Å². The first-order valence-electron chi connectivity index (χ1n) is 6.41. The van der Waals surface area contributed by atoms with Gasteiger partial charge in [-0.05, 0) is 41.6 Å². The number of primary amides is 1. The molecule has 0 saturated carbocycles. The van der Waals surface area contributed by atoms with Crippen LogP contribution in [-0.4, -0.2) is 12.2 Å². The fraction of sp³-hybridized carbons (Fsp3) is 0.188. The fourth-order valence-electron chi connectivity index (χ4n) is 1.89. The van der Waals surface area contributed by atoms with Crippen molar-refractivity contribution in [3.63, 3.8) is 0 Å². The highest BCUT2D eigenvalue weighted by molar-refractivity contribution is 7.98. The van der Waals surface area contributed by atoms with Crippen LogP contribution in [0.2, 0.25) is 0 Å². The van der Waals surface area contributed by atoms with Gasteiger partial charge in [0, 0.05) is 17.1 Å². The lowest BCUT2D eigenvalue weighted by atomic mass is 10.1. The molecule has 2 aromatic rings. The van der Waals surface area contributed by atoms with Gasteiger partial charge in [-0.15, -0.1) is 11.8 Å². The monoisotopic (exact) mass is 286 g/mol. The van der Waals surface area contributed by atoms with Gasteiger partial charge in [0.05, 0.1) is 6.42 Å². The van der Waals surface area contributed by atoms with E-state index in [1.165, 1.54) is 10.5 Å². The number of benzene rings is 2. The Morgan fingerprint density at radius 3 is 2.20 bits per heavy atom. The SMILES string of the molecule is CSc1ccc(CNc2ccc(CC(N)=O)cc2)cc1. The maximum Gasteiger partial charge on any atom is 0.221 e. The Labute approximate surface area is 123 Å². The minimum absolute atomic E-state index is 0.288. The van der Waals surface area contributed by atoms with Gasteiger partial charge in [0.25, 0.3) is 0 Å². The maximum absolute atomic E-state index is 10.8. The maximum atomic E-state index is 10.8. The van der Waals surface area contributed by atoms with Crippen LogP contribution in [-0.2, 0) is 17.8 Å². The minimum Gasteiger partial charge on any atom is -0.381 e. The van der Waals surface area contributed by atoms with Crippen molar-refractivity contribution in [3.8, 4) is 0 Å². The zero-order valence-corrected chi connectivity index (χ0v) is 12.2. The molecule has 0 bridgehead atoms. The molecule has 0 spiro atoms. The molecule has 104 valence electrons. The van der Waals surface area contributed by atoms with Crippen molar-refractivity contribution in [1.29, 1.82) is 0 Å². The number of amides is 1. The second-order valence-corrected chi connectivity index (χ2v) is 5.42. The highest BCUT2D eigenvalue weighted by Crippen LogP contribution is 2.16. The van der Waals surface area contributed by atoms with E-state index in [0.29, 0.717) is 0 Å². The average molecular weight is 286 g/mol. The molecule has 0 heterocycles. The van der Waals surface area contributed by atoms with E-state index < -0.39 is 0 Å². The molecule has 0 atom stereocenters. The van der Waals surface area contributed by atoms with E-state index in [-0.39, 0.29) is 12.3 Å². The molecule has 3 N–H and O–H groups in total. The van der Waals surface area contributed by atoms with Gasteiger partial charge >= 0.3 is 0 Å². The van der Waals surface area contributed by atoms with E-state index in [9.17, 15) is 4.79 Å². The van der Waals surface area contributed by atoms with Crippen molar-refractivity contribution in [2.75, 3.05) is 11.6 Å². The van der Waals surface area contributed by atoms with E-state index in [1.54, 1.807) is 11.8 Å². The van der Waals surface area contributed by atoms with Crippen molar-refractivity contribution < 1.29 is 4.79 Å². The second-order valence-electron chi connectivity index (χ2n) is 4.54. The summed E-state index contributed by atoms with van der Waals surface area (Å²) in [6.07, 6.45) is 2.36. The van der Waals surface area contributed by atoms with Gasteiger partial charge in [0.1, 0.15) is 0 Å². The van der Waals surface area contributed by atoms with Crippen LogP contribution >= 0.6 is 11.8 Å². The molecule has 0 saturated heterocycles. The standard InChI is InChI=1S/C16H18N2OS/c1-20-15-8-4-13(5-9-15)11-18-14-6-2-12(3-7-14)10-16(17)19/h2-9,18H,10-11H2,1H3,(H2,17,19). The quantitative estimate of drug-likeness (QED) is 0.802. The lowest BCUT2D eigenvalue weighted by Gasteiger charge is -2.08. The zero-order valence-electron chi connectivity index (χ0n) is 11.4. The molecule has 2 aromatic carbocycles. The van der Waals surface area contributed by atoms with Crippen LogP contribution in [0, 0.1) is 0 Å². The molecule has 0 fully saturated rings. The highest BCUT2D eigenvalue weighted by Gasteiger charge is 1.99. The molecule has 4 heteroatoms. The molecule has 0 aromatic heterocycles. The summed E-state index contributed by atoms with van der Waals surface area (Å²) in [4.78, 5) is 12.1. The van der Waals surface area contributed by atoms with Crippen molar-refractivity contribution in [2.45, 2.75) is 17.9 Å². The van der Waals surface area contributed by atoms with E-state index >= 15 is 0 Å². The summed E-state index contributed by atoms with van der Waals surface area (Å²) in [6.45, 7) is 0.782. The average Bonchev–Trinajstić information content (AvgIpc) is 2.46. The van der Waals surface area contributed by atoms with Crippen LogP contribution in [0.4, 0.5) is 5.69 Å². The van der Waals surface area contributed by atoms with Crippen LogP contribution in [0.25, 0.3) is 0 Å². The third-order valence-corrected chi connectivity index (χ3v) is 3.73. The normalized spacial score (nSPS) is 10.2. The zero-order chi connectivity index (χ0) is 14.4. The molecule has 0 aliphatic rings. The van der Waals surface area contributed by atoms with Crippen molar-refractivity contribution in [2.24, 2.45) is 5.73 Å². The van der Waals surface area contributed by atoms with E-state index in [4.69, 9.17) is 5.73 Å². The Kier molecular flexibility index (Phi) is 5.07. The topological polar surface area (TPSA) is 55.1 Å². The number of carbonyl (C=O) groups is 1. The Morgan fingerprint density at radius 1 is 1.05 bits per heavy atom. The summed E-state index contributed by atoms with van der Waals surface area (Å²) in [5.41, 5.74) is 8.38.